The number of hydrogen-bond donors (Lipinski definition) is 1. The van der Waals surface area contributed by atoms with Crippen molar-refractivity contribution >= 4 is 26.7 Å². The summed E-state index contributed by atoms with van der Waals surface area (Å²) >= 11 is 1.63. The topological polar surface area (TPSA) is 43.4 Å². The molecule has 1 aliphatic rings. The molecule has 0 spiro atoms. The fourth-order valence-corrected chi connectivity index (χ4v) is 3.19. The summed E-state index contributed by atoms with van der Waals surface area (Å²) in [5.41, 5.74) is 2.18. The van der Waals surface area contributed by atoms with Crippen molar-refractivity contribution in [2.24, 2.45) is 0 Å². The van der Waals surface area contributed by atoms with Crippen LogP contribution in [-0.2, 0) is 6.54 Å². The Morgan fingerprint density at radius 2 is 1.81 bits per heavy atom. The van der Waals surface area contributed by atoms with E-state index < -0.39 is 0 Å². The number of nitrogens with zero attached hydrogens (tertiary/aromatic N) is 1. The second kappa shape index (κ2) is 5.26. The number of rotatable bonds is 3. The number of thiazole rings is 1. The molecule has 0 unspecified atom stereocenters. The van der Waals surface area contributed by atoms with Gasteiger partial charge in [0, 0.05) is 18.7 Å². The molecular formula is C16H14N2O2S. The first kappa shape index (κ1) is 12.5. The van der Waals surface area contributed by atoms with Crippen molar-refractivity contribution in [2.45, 2.75) is 6.54 Å². The number of aromatic nitrogens is 1. The molecule has 1 aliphatic heterocycles. The zero-order valence-corrected chi connectivity index (χ0v) is 12.2. The highest BCUT2D eigenvalue weighted by atomic mass is 32.1. The van der Waals surface area contributed by atoms with E-state index in [-0.39, 0.29) is 0 Å². The summed E-state index contributed by atoms with van der Waals surface area (Å²) in [6, 6.07) is 14.3. The number of anilines is 1. The van der Waals surface area contributed by atoms with E-state index in [1.807, 2.05) is 30.3 Å². The van der Waals surface area contributed by atoms with Crippen molar-refractivity contribution in [3.63, 3.8) is 0 Å². The van der Waals surface area contributed by atoms with Crippen molar-refractivity contribution < 1.29 is 9.47 Å². The summed E-state index contributed by atoms with van der Waals surface area (Å²) in [5.74, 6) is 1.60. The zero-order valence-electron chi connectivity index (χ0n) is 11.3. The molecule has 0 radical (unpaired) electrons. The van der Waals surface area contributed by atoms with Crippen LogP contribution < -0.4 is 14.8 Å². The van der Waals surface area contributed by atoms with Gasteiger partial charge in [-0.1, -0.05) is 41.7 Å². The number of ether oxygens (including phenoxy) is 2. The number of hydrogen-bond acceptors (Lipinski definition) is 5. The number of nitrogens with one attached hydrogen (secondary N) is 1. The zero-order chi connectivity index (χ0) is 14.1. The van der Waals surface area contributed by atoms with Crippen LogP contribution in [0.1, 0.15) is 5.56 Å². The van der Waals surface area contributed by atoms with Gasteiger partial charge in [0.15, 0.2) is 16.6 Å². The van der Waals surface area contributed by atoms with Crippen LogP contribution in [0.3, 0.4) is 0 Å². The van der Waals surface area contributed by atoms with Gasteiger partial charge in [0.2, 0.25) is 0 Å². The van der Waals surface area contributed by atoms with Crippen LogP contribution in [-0.4, -0.2) is 18.2 Å². The minimum atomic E-state index is 0.599. The molecule has 5 heteroatoms. The molecule has 2 heterocycles. The Bertz CT molecular complexity index is 728. The second-order valence-corrected chi connectivity index (χ2v) is 5.85. The van der Waals surface area contributed by atoms with Gasteiger partial charge in [-0.2, -0.15) is 0 Å². The Labute approximate surface area is 126 Å². The maximum absolute atomic E-state index is 5.60. The monoisotopic (exact) mass is 298 g/mol. The Balaban J connectivity index is 1.59. The van der Waals surface area contributed by atoms with Crippen LogP contribution in [0.15, 0.2) is 42.5 Å². The van der Waals surface area contributed by atoms with E-state index in [1.54, 1.807) is 11.3 Å². The molecule has 4 rings (SSSR count). The van der Waals surface area contributed by atoms with Crippen molar-refractivity contribution in [3.8, 4) is 11.5 Å². The van der Waals surface area contributed by atoms with Crippen LogP contribution >= 0.6 is 11.3 Å². The summed E-state index contributed by atoms with van der Waals surface area (Å²) in [6.45, 7) is 1.98. The third-order valence-corrected chi connectivity index (χ3v) is 4.31. The van der Waals surface area contributed by atoms with Crippen LogP contribution in [0, 0.1) is 0 Å². The summed E-state index contributed by atoms with van der Waals surface area (Å²) in [6.07, 6.45) is 0. The standard InChI is InChI=1S/C16H14N2O2S/c1-2-4-11(5-3-1)10-17-16-18-12-8-13-14(9-15(12)21-16)20-7-6-19-13/h1-5,8-9H,6-7,10H2,(H,17,18). The van der Waals surface area contributed by atoms with Gasteiger partial charge in [0.05, 0.1) is 10.2 Å². The molecule has 0 fully saturated rings. The van der Waals surface area contributed by atoms with Crippen LogP contribution in [0.2, 0.25) is 0 Å². The van der Waals surface area contributed by atoms with Gasteiger partial charge in [-0.05, 0) is 5.56 Å². The fourth-order valence-electron chi connectivity index (χ4n) is 2.31. The van der Waals surface area contributed by atoms with Crippen molar-refractivity contribution in [1.29, 1.82) is 0 Å². The lowest BCUT2D eigenvalue weighted by Crippen LogP contribution is -2.15. The van der Waals surface area contributed by atoms with Crippen LogP contribution in [0.25, 0.3) is 10.2 Å². The van der Waals surface area contributed by atoms with Gasteiger partial charge < -0.3 is 14.8 Å². The maximum atomic E-state index is 5.60. The maximum Gasteiger partial charge on any atom is 0.184 e. The van der Waals surface area contributed by atoms with Crippen LogP contribution in [0.4, 0.5) is 5.13 Å². The Morgan fingerprint density at radius 1 is 1.05 bits per heavy atom. The normalized spacial score (nSPS) is 13.3. The molecule has 4 nitrogen and oxygen atoms in total. The lowest BCUT2D eigenvalue weighted by Gasteiger charge is -2.17. The van der Waals surface area contributed by atoms with Crippen molar-refractivity contribution in [3.05, 3.63) is 48.0 Å². The molecular weight excluding hydrogens is 284 g/mol. The quantitative estimate of drug-likeness (QED) is 0.801. The van der Waals surface area contributed by atoms with Gasteiger partial charge in [-0.15, -0.1) is 0 Å². The molecule has 0 atom stereocenters. The van der Waals surface area contributed by atoms with E-state index in [1.165, 1.54) is 5.56 Å². The lowest BCUT2D eigenvalue weighted by atomic mass is 10.2. The molecule has 0 bridgehead atoms. The summed E-state index contributed by atoms with van der Waals surface area (Å²) in [7, 11) is 0. The predicted molar refractivity (Wildman–Crippen MR) is 84.4 cm³/mol. The smallest absolute Gasteiger partial charge is 0.184 e. The average molecular weight is 298 g/mol. The predicted octanol–water partition coefficient (Wildman–Crippen LogP) is 3.68. The van der Waals surface area contributed by atoms with Gasteiger partial charge in [-0.3, -0.25) is 0 Å². The van der Waals surface area contributed by atoms with Crippen molar-refractivity contribution in [2.75, 3.05) is 18.5 Å². The molecule has 1 N–H and O–H groups in total. The summed E-state index contributed by atoms with van der Waals surface area (Å²) in [4.78, 5) is 4.61. The van der Waals surface area contributed by atoms with Gasteiger partial charge in [0.1, 0.15) is 13.2 Å². The Morgan fingerprint density at radius 3 is 2.62 bits per heavy atom. The van der Waals surface area contributed by atoms with E-state index in [2.05, 4.69) is 22.4 Å². The first-order valence-electron chi connectivity index (χ1n) is 6.86. The van der Waals surface area contributed by atoms with E-state index in [0.717, 1.165) is 33.4 Å². The molecule has 3 aromatic rings. The van der Waals surface area contributed by atoms with Crippen molar-refractivity contribution in [1.82, 2.24) is 4.98 Å². The lowest BCUT2D eigenvalue weighted by molar-refractivity contribution is 0.172. The van der Waals surface area contributed by atoms with E-state index in [4.69, 9.17) is 9.47 Å². The minimum absolute atomic E-state index is 0.599. The first-order chi connectivity index (χ1) is 10.4. The van der Waals surface area contributed by atoms with Gasteiger partial charge in [-0.25, -0.2) is 4.98 Å². The molecule has 0 amide bonds. The van der Waals surface area contributed by atoms with E-state index in [9.17, 15) is 0 Å². The van der Waals surface area contributed by atoms with E-state index in [0.29, 0.717) is 13.2 Å². The highest BCUT2D eigenvalue weighted by molar-refractivity contribution is 7.22. The second-order valence-electron chi connectivity index (χ2n) is 4.82. The summed E-state index contributed by atoms with van der Waals surface area (Å²) < 4.78 is 12.3. The highest BCUT2D eigenvalue weighted by Crippen LogP contribution is 2.37. The molecule has 1 aromatic heterocycles. The largest absolute Gasteiger partial charge is 0.486 e. The fraction of sp³-hybridized carbons (Fsp3) is 0.188. The van der Waals surface area contributed by atoms with Gasteiger partial charge >= 0.3 is 0 Å². The Hall–Kier alpha value is -2.27. The molecule has 106 valence electrons. The molecule has 0 aliphatic carbocycles. The number of fused-ring (bicyclic) bond motifs is 2. The highest BCUT2D eigenvalue weighted by Gasteiger charge is 2.15. The van der Waals surface area contributed by atoms with Gasteiger partial charge in [0.25, 0.3) is 0 Å². The number of benzene rings is 2. The third kappa shape index (κ3) is 2.52. The minimum Gasteiger partial charge on any atom is -0.486 e. The molecule has 0 saturated carbocycles. The SMILES string of the molecule is c1ccc(CNc2nc3cc4c(cc3s2)OCCO4)cc1. The molecule has 21 heavy (non-hydrogen) atoms. The average Bonchev–Trinajstić information content (AvgIpc) is 2.93. The molecule has 0 saturated heterocycles. The van der Waals surface area contributed by atoms with E-state index >= 15 is 0 Å². The first-order valence-corrected chi connectivity index (χ1v) is 7.68. The van der Waals surface area contributed by atoms with Crippen LogP contribution in [0.5, 0.6) is 11.5 Å². The summed E-state index contributed by atoms with van der Waals surface area (Å²) in [5, 5.41) is 4.28. The molecule has 2 aromatic carbocycles. The Kier molecular flexibility index (Phi) is 3.12. The third-order valence-electron chi connectivity index (χ3n) is 3.34.